The SMILES string of the molecule is O=C(Cc1cccc(F)c1)N1CCCC(O)C1. The van der Waals surface area contributed by atoms with Crippen LogP contribution in [0.15, 0.2) is 24.3 Å². The lowest BCUT2D eigenvalue weighted by atomic mass is 10.1. The van der Waals surface area contributed by atoms with Crippen LogP contribution in [0.25, 0.3) is 0 Å². The smallest absolute Gasteiger partial charge is 0.227 e. The molecule has 1 unspecified atom stereocenters. The van der Waals surface area contributed by atoms with Crippen LogP contribution < -0.4 is 0 Å². The molecule has 1 amide bonds. The third-order valence-electron chi connectivity index (χ3n) is 2.99. The van der Waals surface area contributed by atoms with E-state index in [4.69, 9.17) is 0 Å². The Bertz CT molecular complexity index is 408. The molecule has 92 valence electrons. The summed E-state index contributed by atoms with van der Waals surface area (Å²) in [5, 5.41) is 9.48. The van der Waals surface area contributed by atoms with Crippen LogP contribution >= 0.6 is 0 Å². The van der Waals surface area contributed by atoms with Crippen molar-refractivity contribution in [1.29, 1.82) is 0 Å². The molecule has 1 atom stereocenters. The Morgan fingerprint density at radius 3 is 3.06 bits per heavy atom. The van der Waals surface area contributed by atoms with Crippen molar-refractivity contribution in [3.63, 3.8) is 0 Å². The number of aliphatic hydroxyl groups excluding tert-OH is 1. The summed E-state index contributed by atoms with van der Waals surface area (Å²) in [6.45, 7) is 1.08. The number of carbonyl (C=O) groups excluding carboxylic acids is 1. The Balaban J connectivity index is 1.96. The summed E-state index contributed by atoms with van der Waals surface area (Å²) in [5.41, 5.74) is 0.676. The molecule has 0 aromatic heterocycles. The highest BCUT2D eigenvalue weighted by Gasteiger charge is 2.21. The first-order chi connectivity index (χ1) is 8.15. The van der Waals surface area contributed by atoms with E-state index in [1.165, 1.54) is 12.1 Å². The molecule has 0 aliphatic carbocycles. The summed E-state index contributed by atoms with van der Waals surface area (Å²) in [6.07, 6.45) is 1.37. The van der Waals surface area contributed by atoms with Gasteiger partial charge in [-0.1, -0.05) is 12.1 Å². The fourth-order valence-electron chi connectivity index (χ4n) is 2.11. The highest BCUT2D eigenvalue weighted by Crippen LogP contribution is 2.12. The molecule has 3 nitrogen and oxygen atoms in total. The summed E-state index contributed by atoms with van der Waals surface area (Å²) in [4.78, 5) is 13.6. The topological polar surface area (TPSA) is 40.5 Å². The maximum Gasteiger partial charge on any atom is 0.227 e. The number of hydrogen-bond acceptors (Lipinski definition) is 2. The first-order valence-corrected chi connectivity index (χ1v) is 5.85. The number of amides is 1. The number of β-amino-alcohol motifs (C(OH)–C–C–N with tert-alkyl or cyclic N) is 1. The lowest BCUT2D eigenvalue weighted by Crippen LogP contribution is -2.42. The molecule has 2 rings (SSSR count). The molecular formula is C13H16FNO2. The van der Waals surface area contributed by atoms with Gasteiger partial charge in [0.15, 0.2) is 0 Å². The summed E-state index contributed by atoms with van der Waals surface area (Å²) in [6, 6.07) is 6.07. The minimum atomic E-state index is -0.416. The third kappa shape index (κ3) is 3.27. The molecule has 0 radical (unpaired) electrons. The Morgan fingerprint density at radius 1 is 1.53 bits per heavy atom. The van der Waals surface area contributed by atoms with Crippen LogP contribution in [0.2, 0.25) is 0 Å². The minimum absolute atomic E-state index is 0.0469. The number of hydrogen-bond donors (Lipinski definition) is 1. The molecule has 0 bridgehead atoms. The largest absolute Gasteiger partial charge is 0.391 e. The van der Waals surface area contributed by atoms with Crippen molar-refractivity contribution in [2.45, 2.75) is 25.4 Å². The van der Waals surface area contributed by atoms with Crippen LogP contribution in [-0.4, -0.2) is 35.1 Å². The van der Waals surface area contributed by atoms with Crippen LogP contribution in [0, 0.1) is 5.82 Å². The van der Waals surface area contributed by atoms with E-state index in [2.05, 4.69) is 0 Å². The number of piperidine rings is 1. The highest BCUT2D eigenvalue weighted by molar-refractivity contribution is 5.78. The van der Waals surface area contributed by atoms with Crippen molar-refractivity contribution >= 4 is 5.91 Å². The summed E-state index contributed by atoms with van der Waals surface area (Å²) >= 11 is 0. The maximum absolute atomic E-state index is 13.0. The molecule has 1 aromatic carbocycles. The Hall–Kier alpha value is -1.42. The van der Waals surface area contributed by atoms with E-state index < -0.39 is 6.10 Å². The molecule has 17 heavy (non-hydrogen) atoms. The quantitative estimate of drug-likeness (QED) is 0.843. The molecule has 1 N–H and O–H groups in total. The number of aliphatic hydroxyl groups is 1. The number of carbonyl (C=O) groups is 1. The number of likely N-dealkylation sites (tertiary alicyclic amines) is 1. The number of benzene rings is 1. The molecule has 1 fully saturated rings. The van der Waals surface area contributed by atoms with Crippen LogP contribution in [0.5, 0.6) is 0 Å². The molecule has 1 aromatic rings. The van der Waals surface area contributed by atoms with Gasteiger partial charge in [0.05, 0.1) is 12.5 Å². The van der Waals surface area contributed by atoms with Crippen LogP contribution in [0.1, 0.15) is 18.4 Å². The van der Waals surface area contributed by atoms with E-state index in [0.29, 0.717) is 18.7 Å². The van der Waals surface area contributed by atoms with Crippen molar-refractivity contribution < 1.29 is 14.3 Å². The summed E-state index contributed by atoms with van der Waals surface area (Å²) < 4.78 is 13.0. The average Bonchev–Trinajstić information content (AvgIpc) is 2.29. The molecule has 1 saturated heterocycles. The van der Waals surface area contributed by atoms with Crippen molar-refractivity contribution in [2.75, 3.05) is 13.1 Å². The molecule has 0 spiro atoms. The van der Waals surface area contributed by atoms with E-state index in [1.54, 1.807) is 17.0 Å². The average molecular weight is 237 g/mol. The van der Waals surface area contributed by atoms with Crippen LogP contribution in [0.4, 0.5) is 4.39 Å². The lowest BCUT2D eigenvalue weighted by molar-refractivity contribution is -0.133. The third-order valence-corrected chi connectivity index (χ3v) is 2.99. The fourth-order valence-corrected chi connectivity index (χ4v) is 2.11. The van der Waals surface area contributed by atoms with Crippen molar-refractivity contribution in [1.82, 2.24) is 4.90 Å². The predicted molar refractivity (Wildman–Crippen MR) is 61.9 cm³/mol. The van der Waals surface area contributed by atoms with Gasteiger partial charge in [-0.3, -0.25) is 4.79 Å². The van der Waals surface area contributed by atoms with Gasteiger partial charge < -0.3 is 10.0 Å². The lowest BCUT2D eigenvalue weighted by Gasteiger charge is -2.30. The number of rotatable bonds is 2. The van der Waals surface area contributed by atoms with E-state index >= 15 is 0 Å². The highest BCUT2D eigenvalue weighted by atomic mass is 19.1. The van der Waals surface area contributed by atoms with Gasteiger partial charge in [0.1, 0.15) is 5.82 Å². The number of halogens is 1. The van der Waals surface area contributed by atoms with Crippen molar-refractivity contribution in [2.24, 2.45) is 0 Å². The molecule has 0 saturated carbocycles. The zero-order chi connectivity index (χ0) is 12.3. The van der Waals surface area contributed by atoms with Gasteiger partial charge in [-0.05, 0) is 30.5 Å². The second-order valence-corrected chi connectivity index (χ2v) is 4.44. The maximum atomic E-state index is 13.0. The first kappa shape index (κ1) is 12.0. The molecule has 1 aliphatic rings. The number of nitrogens with zero attached hydrogens (tertiary/aromatic N) is 1. The minimum Gasteiger partial charge on any atom is -0.391 e. The second-order valence-electron chi connectivity index (χ2n) is 4.44. The van der Waals surface area contributed by atoms with Crippen LogP contribution in [-0.2, 0) is 11.2 Å². The van der Waals surface area contributed by atoms with Crippen LogP contribution in [0.3, 0.4) is 0 Å². The standard InChI is InChI=1S/C13H16FNO2/c14-11-4-1-3-10(7-11)8-13(17)15-6-2-5-12(16)9-15/h1,3-4,7,12,16H,2,5-6,8-9H2. The van der Waals surface area contributed by atoms with E-state index in [9.17, 15) is 14.3 Å². The fraction of sp³-hybridized carbons (Fsp3) is 0.462. The predicted octanol–water partition coefficient (Wildman–Crippen LogP) is 1.35. The van der Waals surface area contributed by atoms with Gasteiger partial charge in [-0.25, -0.2) is 4.39 Å². The second kappa shape index (κ2) is 5.27. The van der Waals surface area contributed by atoms with Crippen molar-refractivity contribution in [3.8, 4) is 0 Å². The van der Waals surface area contributed by atoms with Gasteiger partial charge in [0, 0.05) is 13.1 Å². The van der Waals surface area contributed by atoms with Gasteiger partial charge in [-0.2, -0.15) is 0 Å². The van der Waals surface area contributed by atoms with E-state index in [0.717, 1.165) is 12.8 Å². The summed E-state index contributed by atoms with van der Waals surface area (Å²) in [7, 11) is 0. The molecular weight excluding hydrogens is 221 g/mol. The zero-order valence-corrected chi connectivity index (χ0v) is 9.60. The molecule has 1 heterocycles. The van der Waals surface area contributed by atoms with Crippen molar-refractivity contribution in [3.05, 3.63) is 35.6 Å². The Morgan fingerprint density at radius 2 is 2.35 bits per heavy atom. The Labute approximate surface area is 99.9 Å². The van der Waals surface area contributed by atoms with E-state index in [1.807, 2.05) is 0 Å². The monoisotopic (exact) mass is 237 g/mol. The normalized spacial score (nSPS) is 20.4. The summed E-state index contributed by atoms with van der Waals surface area (Å²) in [5.74, 6) is -0.372. The van der Waals surface area contributed by atoms with Gasteiger partial charge >= 0.3 is 0 Å². The molecule has 4 heteroatoms. The van der Waals surface area contributed by atoms with E-state index in [-0.39, 0.29) is 18.1 Å². The zero-order valence-electron chi connectivity index (χ0n) is 9.60. The first-order valence-electron chi connectivity index (χ1n) is 5.85. The van der Waals surface area contributed by atoms with Gasteiger partial charge in [0.25, 0.3) is 0 Å². The van der Waals surface area contributed by atoms with Gasteiger partial charge in [0.2, 0.25) is 5.91 Å². The Kier molecular flexibility index (Phi) is 3.74. The molecule has 1 aliphatic heterocycles. The van der Waals surface area contributed by atoms with Gasteiger partial charge in [-0.15, -0.1) is 0 Å².